The maximum atomic E-state index is 10.8. The monoisotopic (exact) mass is 365 g/mol. The summed E-state index contributed by atoms with van der Waals surface area (Å²) in [5.74, 6) is -0.487. The smallest absolute Gasteiger partial charge is 0.346 e. The molecular weight excluding hydrogens is 360 g/mol. The molecule has 0 fully saturated rings. The van der Waals surface area contributed by atoms with E-state index in [2.05, 4.69) is 4.74 Å². The van der Waals surface area contributed by atoms with Gasteiger partial charge in [-0.3, -0.25) is 0 Å². The lowest BCUT2D eigenvalue weighted by Crippen LogP contribution is -2.24. The topological polar surface area (TPSA) is 50.1 Å². The van der Waals surface area contributed by atoms with Crippen LogP contribution in [0.2, 0.25) is 0 Å². The number of ether oxygens (including phenoxy) is 1. The molecule has 0 aromatic rings. The maximum Gasteiger partial charge on any atom is 0.346 e. The van der Waals surface area contributed by atoms with Crippen molar-refractivity contribution >= 4 is 51.2 Å². The Morgan fingerprint density at radius 3 is 2.60 bits per heavy atom. The Kier molecular flexibility index (Phi) is 4.51. The number of carbonyl (C=O) groups excluding carboxylic acids is 1. The number of esters is 1. The molecule has 0 unspecified atom stereocenters. The first-order valence-electron chi connectivity index (χ1n) is 2.51. The number of alkyl halides is 2. The van der Waals surface area contributed by atoms with E-state index in [9.17, 15) is 4.79 Å². The second kappa shape index (κ2) is 4.33. The van der Waals surface area contributed by atoms with Gasteiger partial charge in [0.2, 0.25) is 0 Å². The van der Waals surface area contributed by atoms with Gasteiger partial charge in [0.15, 0.2) is 0 Å². The van der Waals surface area contributed by atoms with Crippen LogP contribution >= 0.6 is 45.2 Å². The third-order valence-electron chi connectivity index (χ3n) is 0.672. The van der Waals surface area contributed by atoms with E-state index < -0.39 is 7.40 Å². The van der Waals surface area contributed by atoms with Crippen LogP contribution in [0.15, 0.2) is 0 Å². The van der Waals surface area contributed by atoms with Crippen molar-refractivity contribution in [2.75, 3.05) is 6.61 Å². The molecule has 0 saturated carbocycles. The van der Waals surface area contributed by atoms with Crippen molar-refractivity contribution in [2.24, 2.45) is 0 Å². The van der Waals surface area contributed by atoms with E-state index >= 15 is 0 Å². The summed E-state index contributed by atoms with van der Waals surface area (Å²) >= 11 is 3.48. The molecule has 0 spiro atoms. The van der Waals surface area contributed by atoms with Crippen molar-refractivity contribution in [2.45, 2.75) is 8.35 Å². The predicted octanol–water partition coefficient (Wildman–Crippen LogP) is 1.64. The van der Waals surface area contributed by atoms with E-state index in [4.69, 9.17) is 5.26 Å². The third-order valence-corrected chi connectivity index (χ3v) is 2.04. The van der Waals surface area contributed by atoms with Crippen LogP contribution in [-0.4, -0.2) is 14.0 Å². The number of nitrogens with zero attached hydrogens (tertiary/aromatic N) is 1. The highest BCUT2D eigenvalue weighted by atomic mass is 127. The van der Waals surface area contributed by atoms with Crippen LogP contribution in [0.5, 0.6) is 0 Å². The van der Waals surface area contributed by atoms with Gasteiger partial charge < -0.3 is 4.74 Å². The summed E-state index contributed by atoms with van der Waals surface area (Å²) in [7, 11) is 0. The zero-order valence-electron chi connectivity index (χ0n) is 5.23. The van der Waals surface area contributed by atoms with Crippen LogP contribution in [0.4, 0.5) is 0 Å². The second-order valence-corrected chi connectivity index (χ2v) is 6.71. The lowest BCUT2D eigenvalue weighted by molar-refractivity contribution is -0.141. The van der Waals surface area contributed by atoms with Gasteiger partial charge in [0.1, 0.15) is 6.07 Å². The first-order chi connectivity index (χ1) is 4.54. The Labute approximate surface area is 86.4 Å². The molecule has 0 bridgehead atoms. The minimum atomic E-state index is -1.06. The Bertz CT molecular complexity index is 173. The fourth-order valence-electron chi connectivity index (χ4n) is 0.267. The van der Waals surface area contributed by atoms with Gasteiger partial charge in [-0.1, -0.05) is 0 Å². The van der Waals surface area contributed by atoms with E-state index in [0.717, 1.165) is 0 Å². The average molecular weight is 365 g/mol. The van der Waals surface area contributed by atoms with Gasteiger partial charge in [0.05, 0.1) is 6.61 Å². The first kappa shape index (κ1) is 10.4. The Morgan fingerprint density at radius 1 is 1.80 bits per heavy atom. The highest BCUT2D eigenvalue weighted by Gasteiger charge is 2.33. The third kappa shape index (κ3) is 3.01. The number of hydrogen-bond acceptors (Lipinski definition) is 3. The van der Waals surface area contributed by atoms with Crippen LogP contribution in [0.25, 0.3) is 0 Å². The van der Waals surface area contributed by atoms with Gasteiger partial charge in [-0.15, -0.1) is 0 Å². The molecule has 0 heterocycles. The van der Waals surface area contributed by atoms with Gasteiger partial charge in [-0.25, -0.2) is 4.79 Å². The summed E-state index contributed by atoms with van der Waals surface area (Å²) in [6, 6.07) is 1.82. The minimum Gasteiger partial charge on any atom is -0.464 e. The SMILES string of the molecule is CCOC(=O)C(I)(I)C#N. The fraction of sp³-hybridized carbons (Fsp3) is 0.600. The molecule has 0 N–H and O–H groups in total. The molecule has 0 saturated heterocycles. The molecule has 0 aliphatic heterocycles. The van der Waals surface area contributed by atoms with Crippen molar-refractivity contribution in [3.8, 4) is 6.07 Å². The zero-order valence-corrected chi connectivity index (χ0v) is 9.54. The highest BCUT2D eigenvalue weighted by molar-refractivity contribution is 14.2. The molecule has 3 nitrogen and oxygen atoms in total. The van der Waals surface area contributed by atoms with Crippen LogP contribution in [0.1, 0.15) is 6.92 Å². The molecular formula is C5H5I2NO2. The van der Waals surface area contributed by atoms with Gasteiger partial charge in [-0.05, 0) is 52.1 Å². The van der Waals surface area contributed by atoms with E-state index in [1.54, 1.807) is 52.1 Å². The van der Waals surface area contributed by atoms with Crippen LogP contribution in [0.3, 0.4) is 0 Å². The predicted molar refractivity (Wildman–Crippen MR) is 53.0 cm³/mol. The van der Waals surface area contributed by atoms with Crippen molar-refractivity contribution in [3.05, 3.63) is 0 Å². The molecule has 5 heteroatoms. The van der Waals surface area contributed by atoms with Gasteiger partial charge >= 0.3 is 5.97 Å². The van der Waals surface area contributed by atoms with Gasteiger partial charge in [0.25, 0.3) is 1.43 Å². The van der Waals surface area contributed by atoms with E-state index in [0.29, 0.717) is 6.61 Å². The average Bonchev–Trinajstić information content (AvgIpc) is 1.89. The number of nitriles is 1. The van der Waals surface area contributed by atoms with Gasteiger partial charge in [0, 0.05) is 0 Å². The Hall–Kier alpha value is 0.420. The summed E-state index contributed by atoms with van der Waals surface area (Å²) in [6.07, 6.45) is 0. The van der Waals surface area contributed by atoms with E-state index in [1.807, 2.05) is 6.07 Å². The Balaban J connectivity index is 4.09. The van der Waals surface area contributed by atoms with Crippen LogP contribution in [-0.2, 0) is 9.53 Å². The Morgan fingerprint density at radius 2 is 2.30 bits per heavy atom. The maximum absolute atomic E-state index is 10.8. The molecule has 0 rings (SSSR count). The highest BCUT2D eigenvalue weighted by Crippen LogP contribution is 2.27. The van der Waals surface area contributed by atoms with Crippen LogP contribution in [0, 0.1) is 11.3 Å². The standard InChI is InChI=1S/C5H5I2NO2/c1-2-10-4(9)5(6,7)3-8/h2H2,1H3. The zero-order chi connectivity index (χ0) is 8.20. The van der Waals surface area contributed by atoms with Crippen molar-refractivity contribution in [1.82, 2.24) is 0 Å². The number of halogens is 2. The molecule has 0 amide bonds. The lowest BCUT2D eigenvalue weighted by atomic mass is 10.5. The lowest BCUT2D eigenvalue weighted by Gasteiger charge is -2.08. The van der Waals surface area contributed by atoms with E-state index in [1.165, 1.54) is 0 Å². The molecule has 0 aromatic heterocycles. The van der Waals surface area contributed by atoms with Crippen molar-refractivity contribution in [1.29, 1.82) is 5.26 Å². The number of rotatable bonds is 2. The molecule has 0 aliphatic carbocycles. The quantitative estimate of drug-likeness (QED) is 0.425. The van der Waals surface area contributed by atoms with Gasteiger partial charge in [-0.2, -0.15) is 5.26 Å². The summed E-state index contributed by atoms with van der Waals surface area (Å²) in [5.41, 5.74) is 0. The number of hydrogen-bond donors (Lipinski definition) is 0. The largest absolute Gasteiger partial charge is 0.464 e. The van der Waals surface area contributed by atoms with Crippen LogP contribution < -0.4 is 0 Å². The summed E-state index contributed by atoms with van der Waals surface area (Å²) in [4.78, 5) is 10.8. The summed E-state index contributed by atoms with van der Waals surface area (Å²) in [6.45, 7) is 2.02. The first-order valence-corrected chi connectivity index (χ1v) is 4.66. The minimum absolute atomic E-state index is 0.314. The van der Waals surface area contributed by atoms with E-state index in [-0.39, 0.29) is 0 Å². The summed E-state index contributed by atoms with van der Waals surface area (Å²) < 4.78 is 3.56. The molecule has 0 atom stereocenters. The fourth-order valence-corrected chi connectivity index (χ4v) is 0.579. The summed E-state index contributed by atoms with van der Waals surface area (Å²) in [5, 5.41) is 8.43. The molecule has 0 aromatic carbocycles. The molecule has 0 radical (unpaired) electrons. The van der Waals surface area contributed by atoms with Crippen molar-refractivity contribution in [3.63, 3.8) is 0 Å². The molecule has 10 heavy (non-hydrogen) atoms. The van der Waals surface area contributed by atoms with Crippen molar-refractivity contribution < 1.29 is 9.53 Å². The number of carbonyl (C=O) groups is 1. The normalized spacial score (nSPS) is 10.2. The molecule has 56 valence electrons. The molecule has 0 aliphatic rings. The second-order valence-electron chi connectivity index (χ2n) is 1.41.